The summed E-state index contributed by atoms with van der Waals surface area (Å²) in [6, 6.07) is 6.98. The van der Waals surface area contributed by atoms with Crippen LogP contribution in [0.25, 0.3) is 0 Å². The molecule has 0 atom stereocenters. The molecular formula is C18H22F3N3O2. The minimum absolute atomic E-state index is 0.0297. The molecular weight excluding hydrogens is 347 g/mol. The number of rotatable bonds is 8. The molecule has 0 unspecified atom stereocenters. The topological polar surface area (TPSA) is 56.3 Å². The van der Waals surface area contributed by atoms with Gasteiger partial charge in [0.25, 0.3) is 0 Å². The van der Waals surface area contributed by atoms with E-state index in [0.717, 1.165) is 12.6 Å². The van der Waals surface area contributed by atoms with Crippen LogP contribution in [-0.4, -0.2) is 22.7 Å². The first kappa shape index (κ1) is 19.8. The van der Waals surface area contributed by atoms with Crippen molar-refractivity contribution in [3.63, 3.8) is 0 Å². The number of halogens is 3. The number of nitrogens with one attached hydrogen (secondary N) is 1. The monoisotopic (exact) mass is 369 g/mol. The second-order valence-corrected chi connectivity index (χ2v) is 5.93. The first-order valence-corrected chi connectivity index (χ1v) is 8.40. The molecule has 0 bridgehead atoms. The molecule has 8 heteroatoms. The molecule has 0 aliphatic heterocycles. The van der Waals surface area contributed by atoms with Gasteiger partial charge in [-0.05, 0) is 44.5 Å². The Morgan fingerprint density at radius 1 is 1.15 bits per heavy atom. The highest BCUT2D eigenvalue weighted by atomic mass is 19.4. The van der Waals surface area contributed by atoms with Gasteiger partial charge in [0.15, 0.2) is 0 Å². The van der Waals surface area contributed by atoms with Crippen molar-refractivity contribution in [1.29, 1.82) is 0 Å². The smallest absolute Gasteiger partial charge is 0.423 e. The van der Waals surface area contributed by atoms with Gasteiger partial charge in [-0.15, -0.1) is 0 Å². The minimum Gasteiger partial charge on any atom is -0.491 e. The second kappa shape index (κ2) is 8.73. The van der Waals surface area contributed by atoms with Crippen LogP contribution in [0.3, 0.4) is 0 Å². The third-order valence-corrected chi connectivity index (χ3v) is 3.28. The summed E-state index contributed by atoms with van der Waals surface area (Å²) in [6.45, 7) is 5.93. The van der Waals surface area contributed by atoms with Crippen LogP contribution in [0.4, 0.5) is 24.8 Å². The van der Waals surface area contributed by atoms with Gasteiger partial charge in [-0.1, -0.05) is 13.3 Å². The van der Waals surface area contributed by atoms with Crippen molar-refractivity contribution in [1.82, 2.24) is 9.97 Å². The highest BCUT2D eigenvalue weighted by Gasteiger charge is 2.36. The maximum Gasteiger partial charge on any atom is 0.423 e. The zero-order valence-electron chi connectivity index (χ0n) is 14.9. The lowest BCUT2D eigenvalue weighted by atomic mass is 10.3. The van der Waals surface area contributed by atoms with Gasteiger partial charge in [-0.25, -0.2) is 4.98 Å². The Labute approximate surface area is 150 Å². The summed E-state index contributed by atoms with van der Waals surface area (Å²) in [5.74, 6) is 0.257. The third-order valence-electron chi connectivity index (χ3n) is 3.28. The number of ether oxygens (including phenoxy) is 2. The Morgan fingerprint density at radius 3 is 2.42 bits per heavy atom. The Balaban J connectivity index is 2.17. The Kier molecular flexibility index (Phi) is 6.65. The first-order valence-electron chi connectivity index (χ1n) is 8.40. The summed E-state index contributed by atoms with van der Waals surface area (Å²) in [5, 5.41) is 2.87. The van der Waals surface area contributed by atoms with E-state index in [4.69, 9.17) is 9.47 Å². The number of hydrogen-bond donors (Lipinski definition) is 1. The number of anilines is 2. The van der Waals surface area contributed by atoms with Gasteiger partial charge in [0.1, 0.15) is 11.3 Å². The average molecular weight is 369 g/mol. The molecule has 1 heterocycles. The van der Waals surface area contributed by atoms with Crippen molar-refractivity contribution >= 4 is 11.6 Å². The van der Waals surface area contributed by atoms with E-state index < -0.39 is 17.6 Å². The number of alkyl halides is 3. The molecule has 1 aromatic carbocycles. The molecule has 2 aromatic rings. The largest absolute Gasteiger partial charge is 0.491 e. The molecule has 2 rings (SSSR count). The molecule has 0 aliphatic carbocycles. The average Bonchev–Trinajstić information content (AvgIpc) is 2.55. The van der Waals surface area contributed by atoms with Crippen LogP contribution < -0.4 is 14.8 Å². The SMILES string of the molecule is CCCCOc1nc(Nc2ccc(OC(C)C)cc2)ncc1C(F)(F)F. The first-order chi connectivity index (χ1) is 12.3. The maximum atomic E-state index is 13.1. The van der Waals surface area contributed by atoms with E-state index in [-0.39, 0.29) is 18.7 Å². The highest BCUT2D eigenvalue weighted by Crippen LogP contribution is 2.35. The van der Waals surface area contributed by atoms with E-state index in [1.165, 1.54) is 0 Å². The number of hydrogen-bond acceptors (Lipinski definition) is 5. The molecule has 142 valence electrons. The standard InChI is InChI=1S/C18H22F3N3O2/c1-4-5-10-25-16-15(18(19,20)21)11-22-17(24-16)23-13-6-8-14(9-7-13)26-12(2)3/h6-9,11-12H,4-5,10H2,1-3H3,(H,22,23,24). The molecule has 1 N–H and O–H groups in total. The molecule has 0 amide bonds. The fourth-order valence-electron chi connectivity index (χ4n) is 2.06. The van der Waals surface area contributed by atoms with Crippen molar-refractivity contribution in [3.05, 3.63) is 36.0 Å². The Hall–Kier alpha value is -2.51. The van der Waals surface area contributed by atoms with Gasteiger partial charge in [-0.3, -0.25) is 0 Å². The summed E-state index contributed by atoms with van der Waals surface area (Å²) in [4.78, 5) is 7.63. The van der Waals surface area contributed by atoms with Crippen LogP contribution in [-0.2, 0) is 6.18 Å². The Morgan fingerprint density at radius 2 is 1.85 bits per heavy atom. The molecule has 0 aliphatic rings. The van der Waals surface area contributed by atoms with Gasteiger partial charge in [0, 0.05) is 11.9 Å². The van der Waals surface area contributed by atoms with Crippen molar-refractivity contribution in [2.24, 2.45) is 0 Å². The van der Waals surface area contributed by atoms with E-state index in [1.54, 1.807) is 24.3 Å². The molecule has 0 saturated heterocycles. The summed E-state index contributed by atoms with van der Waals surface area (Å²) < 4.78 is 50.0. The quantitative estimate of drug-likeness (QED) is 0.648. The third kappa shape index (κ3) is 5.79. The number of benzene rings is 1. The van der Waals surface area contributed by atoms with E-state index in [9.17, 15) is 13.2 Å². The van der Waals surface area contributed by atoms with Crippen molar-refractivity contribution < 1.29 is 22.6 Å². The molecule has 5 nitrogen and oxygen atoms in total. The highest BCUT2D eigenvalue weighted by molar-refractivity contribution is 5.55. The number of nitrogens with zero attached hydrogens (tertiary/aromatic N) is 2. The molecule has 0 fully saturated rings. The fraction of sp³-hybridized carbons (Fsp3) is 0.444. The number of unbranched alkanes of at least 4 members (excludes halogenated alkanes) is 1. The molecule has 0 saturated carbocycles. The predicted octanol–water partition coefficient (Wildman–Crippen LogP) is 5.21. The van der Waals surface area contributed by atoms with Crippen LogP contribution in [0.5, 0.6) is 11.6 Å². The van der Waals surface area contributed by atoms with Gasteiger partial charge in [0.2, 0.25) is 11.8 Å². The predicted molar refractivity (Wildman–Crippen MR) is 92.9 cm³/mol. The number of aromatic nitrogens is 2. The normalized spacial score (nSPS) is 11.5. The zero-order valence-corrected chi connectivity index (χ0v) is 14.9. The van der Waals surface area contributed by atoms with Crippen LogP contribution in [0.15, 0.2) is 30.5 Å². The Bertz CT molecular complexity index is 704. The van der Waals surface area contributed by atoms with E-state index in [0.29, 0.717) is 17.9 Å². The van der Waals surface area contributed by atoms with Crippen molar-refractivity contribution in [2.45, 2.75) is 45.9 Å². The molecule has 1 aromatic heterocycles. The lowest BCUT2D eigenvalue weighted by Gasteiger charge is -2.14. The van der Waals surface area contributed by atoms with Gasteiger partial charge in [-0.2, -0.15) is 18.2 Å². The molecule has 0 radical (unpaired) electrons. The minimum atomic E-state index is -4.57. The summed E-state index contributed by atoms with van der Waals surface area (Å²) in [6.07, 6.45) is -2.35. The van der Waals surface area contributed by atoms with Crippen LogP contribution in [0, 0.1) is 0 Å². The summed E-state index contributed by atoms with van der Waals surface area (Å²) in [5.41, 5.74) is -0.361. The van der Waals surface area contributed by atoms with Crippen LogP contribution in [0.2, 0.25) is 0 Å². The van der Waals surface area contributed by atoms with Gasteiger partial charge in [0.05, 0.1) is 12.7 Å². The lowest BCUT2D eigenvalue weighted by Crippen LogP contribution is -2.13. The van der Waals surface area contributed by atoms with Crippen molar-refractivity contribution in [2.75, 3.05) is 11.9 Å². The maximum absolute atomic E-state index is 13.1. The second-order valence-electron chi connectivity index (χ2n) is 5.93. The van der Waals surface area contributed by atoms with Gasteiger partial charge >= 0.3 is 6.18 Å². The van der Waals surface area contributed by atoms with Crippen molar-refractivity contribution in [3.8, 4) is 11.6 Å². The summed E-state index contributed by atoms with van der Waals surface area (Å²) in [7, 11) is 0. The van der Waals surface area contributed by atoms with Gasteiger partial charge < -0.3 is 14.8 Å². The van der Waals surface area contributed by atoms with E-state index >= 15 is 0 Å². The lowest BCUT2D eigenvalue weighted by molar-refractivity contribution is -0.139. The fourth-order valence-corrected chi connectivity index (χ4v) is 2.06. The zero-order chi connectivity index (χ0) is 19.2. The molecule has 0 spiro atoms. The van der Waals surface area contributed by atoms with Crippen LogP contribution in [0.1, 0.15) is 39.2 Å². The summed E-state index contributed by atoms with van der Waals surface area (Å²) >= 11 is 0. The van der Waals surface area contributed by atoms with E-state index in [2.05, 4.69) is 15.3 Å². The molecule has 26 heavy (non-hydrogen) atoms. The van der Waals surface area contributed by atoms with Crippen LogP contribution >= 0.6 is 0 Å². The van der Waals surface area contributed by atoms with E-state index in [1.807, 2.05) is 20.8 Å².